The average molecular weight is 368 g/mol. The summed E-state index contributed by atoms with van der Waals surface area (Å²) in [5.74, 6) is -0.724. The summed E-state index contributed by atoms with van der Waals surface area (Å²) in [6.07, 6.45) is 0.209. The van der Waals surface area contributed by atoms with Gasteiger partial charge in [-0.3, -0.25) is 20.4 Å². The zero-order valence-electron chi connectivity index (χ0n) is 14.4. The van der Waals surface area contributed by atoms with E-state index in [0.29, 0.717) is 22.6 Å². The molecule has 4 rings (SSSR count). The summed E-state index contributed by atoms with van der Waals surface area (Å²) >= 11 is 0. The Morgan fingerprint density at radius 1 is 1.04 bits per heavy atom. The van der Waals surface area contributed by atoms with Gasteiger partial charge in [-0.1, -0.05) is 18.2 Å². The highest BCUT2D eigenvalue weighted by molar-refractivity contribution is 5.99. The lowest BCUT2D eigenvalue weighted by atomic mass is 9.89. The SMILES string of the molecule is C[C@]1(C(=O)NNC(=O)c2ccc3c(c2)OCO3)Cc2ccccc2C(=O)O1. The van der Waals surface area contributed by atoms with Crippen molar-refractivity contribution in [3.63, 3.8) is 0 Å². The van der Waals surface area contributed by atoms with Crippen LogP contribution in [0.15, 0.2) is 42.5 Å². The van der Waals surface area contributed by atoms with Gasteiger partial charge in [-0.05, 0) is 36.8 Å². The number of ether oxygens (including phenoxy) is 3. The molecule has 2 N–H and O–H groups in total. The molecule has 138 valence electrons. The molecule has 8 heteroatoms. The van der Waals surface area contributed by atoms with E-state index in [-0.39, 0.29) is 18.8 Å². The van der Waals surface area contributed by atoms with Crippen molar-refractivity contribution in [3.05, 3.63) is 59.2 Å². The number of carbonyl (C=O) groups is 3. The van der Waals surface area contributed by atoms with Crippen molar-refractivity contribution in [2.24, 2.45) is 0 Å². The minimum Gasteiger partial charge on any atom is -0.454 e. The van der Waals surface area contributed by atoms with Gasteiger partial charge in [0.1, 0.15) is 0 Å². The van der Waals surface area contributed by atoms with Gasteiger partial charge in [-0.15, -0.1) is 0 Å². The van der Waals surface area contributed by atoms with Crippen LogP contribution >= 0.6 is 0 Å². The number of nitrogens with one attached hydrogen (secondary N) is 2. The third-order valence-electron chi connectivity index (χ3n) is 4.49. The van der Waals surface area contributed by atoms with Crippen molar-refractivity contribution >= 4 is 17.8 Å². The first-order valence-corrected chi connectivity index (χ1v) is 8.28. The van der Waals surface area contributed by atoms with Crippen LogP contribution in [0.25, 0.3) is 0 Å². The fourth-order valence-electron chi connectivity index (χ4n) is 3.01. The lowest BCUT2D eigenvalue weighted by molar-refractivity contribution is -0.140. The van der Waals surface area contributed by atoms with Crippen LogP contribution in [0.4, 0.5) is 0 Å². The quantitative estimate of drug-likeness (QED) is 0.613. The summed E-state index contributed by atoms with van der Waals surface area (Å²) in [5, 5.41) is 0. The Labute approximate surface area is 154 Å². The summed E-state index contributed by atoms with van der Waals surface area (Å²) in [6.45, 7) is 1.60. The smallest absolute Gasteiger partial charge is 0.339 e. The van der Waals surface area contributed by atoms with Gasteiger partial charge in [0.2, 0.25) is 6.79 Å². The van der Waals surface area contributed by atoms with Crippen LogP contribution in [0.1, 0.15) is 33.2 Å². The highest BCUT2D eigenvalue weighted by Crippen LogP contribution is 2.32. The molecule has 0 unspecified atom stereocenters. The molecule has 2 amide bonds. The Balaban J connectivity index is 1.43. The van der Waals surface area contributed by atoms with Crippen LogP contribution in [0, 0.1) is 0 Å². The van der Waals surface area contributed by atoms with E-state index in [1.165, 1.54) is 13.0 Å². The molecule has 0 radical (unpaired) electrons. The van der Waals surface area contributed by atoms with Crippen molar-refractivity contribution in [1.82, 2.24) is 10.9 Å². The van der Waals surface area contributed by atoms with Gasteiger partial charge in [0.15, 0.2) is 17.1 Å². The van der Waals surface area contributed by atoms with Crippen molar-refractivity contribution < 1.29 is 28.6 Å². The molecule has 2 aromatic carbocycles. The van der Waals surface area contributed by atoms with E-state index in [1.807, 2.05) is 0 Å². The standard InChI is InChI=1S/C19H16N2O6/c1-19(9-12-4-2-3-5-13(12)17(23)27-19)18(24)21-20-16(22)11-6-7-14-15(8-11)26-10-25-14/h2-8H,9-10H2,1H3,(H,20,22)(H,21,24)/t19-/m1/s1. The first kappa shape index (κ1) is 16.9. The molecule has 0 spiro atoms. The Morgan fingerprint density at radius 2 is 1.81 bits per heavy atom. The second-order valence-electron chi connectivity index (χ2n) is 6.43. The van der Waals surface area contributed by atoms with Crippen LogP contribution in [-0.2, 0) is 16.0 Å². The predicted molar refractivity (Wildman–Crippen MR) is 92.1 cm³/mol. The zero-order valence-corrected chi connectivity index (χ0v) is 14.4. The molecule has 0 aliphatic carbocycles. The molecule has 0 aromatic heterocycles. The highest BCUT2D eigenvalue weighted by Gasteiger charge is 2.42. The number of cyclic esters (lactones) is 1. The third-order valence-corrected chi connectivity index (χ3v) is 4.49. The largest absolute Gasteiger partial charge is 0.454 e. The van der Waals surface area contributed by atoms with E-state index < -0.39 is 23.4 Å². The predicted octanol–water partition coefficient (Wildman–Crippen LogP) is 1.35. The van der Waals surface area contributed by atoms with E-state index >= 15 is 0 Å². The average Bonchev–Trinajstić information content (AvgIpc) is 3.13. The fraction of sp³-hybridized carbons (Fsp3) is 0.211. The number of carbonyl (C=O) groups excluding carboxylic acids is 3. The molecule has 2 aliphatic rings. The molecule has 0 bridgehead atoms. The van der Waals surface area contributed by atoms with Crippen LogP contribution in [0.5, 0.6) is 11.5 Å². The van der Waals surface area contributed by atoms with Gasteiger partial charge in [-0.2, -0.15) is 0 Å². The molecule has 2 aromatic rings. The summed E-state index contributed by atoms with van der Waals surface area (Å²) in [4.78, 5) is 37.0. The molecule has 0 saturated carbocycles. The van der Waals surface area contributed by atoms with Gasteiger partial charge in [-0.25, -0.2) is 4.79 Å². The van der Waals surface area contributed by atoms with Gasteiger partial charge in [0.25, 0.3) is 11.8 Å². The fourth-order valence-corrected chi connectivity index (χ4v) is 3.01. The van der Waals surface area contributed by atoms with Crippen molar-refractivity contribution in [2.75, 3.05) is 6.79 Å². The normalized spacial score (nSPS) is 19.7. The number of fused-ring (bicyclic) bond motifs is 2. The topological polar surface area (TPSA) is 103 Å². The molecular weight excluding hydrogens is 352 g/mol. The van der Waals surface area contributed by atoms with Crippen LogP contribution in [0.3, 0.4) is 0 Å². The lowest BCUT2D eigenvalue weighted by Crippen LogP contribution is -2.56. The van der Waals surface area contributed by atoms with Gasteiger partial charge >= 0.3 is 5.97 Å². The summed E-state index contributed by atoms with van der Waals surface area (Å²) < 4.78 is 15.7. The zero-order chi connectivity index (χ0) is 19.0. The minimum absolute atomic E-state index is 0.0995. The molecular formula is C19H16N2O6. The Hall–Kier alpha value is -3.55. The number of hydrogen-bond donors (Lipinski definition) is 2. The summed E-state index contributed by atoms with van der Waals surface area (Å²) in [7, 11) is 0. The number of benzene rings is 2. The second-order valence-corrected chi connectivity index (χ2v) is 6.43. The monoisotopic (exact) mass is 368 g/mol. The van der Waals surface area contributed by atoms with E-state index in [0.717, 1.165) is 0 Å². The molecule has 0 saturated heterocycles. The first-order chi connectivity index (χ1) is 13.0. The Bertz CT molecular complexity index is 957. The lowest BCUT2D eigenvalue weighted by Gasteiger charge is -2.32. The molecule has 0 fully saturated rings. The minimum atomic E-state index is -1.42. The summed E-state index contributed by atoms with van der Waals surface area (Å²) in [6, 6.07) is 11.6. The van der Waals surface area contributed by atoms with E-state index in [2.05, 4.69) is 10.9 Å². The van der Waals surface area contributed by atoms with E-state index in [1.54, 1.807) is 36.4 Å². The van der Waals surface area contributed by atoms with E-state index in [4.69, 9.17) is 14.2 Å². The number of hydrogen-bond acceptors (Lipinski definition) is 6. The van der Waals surface area contributed by atoms with Gasteiger partial charge < -0.3 is 14.2 Å². The van der Waals surface area contributed by atoms with Crippen LogP contribution in [-0.4, -0.2) is 30.2 Å². The maximum atomic E-state index is 12.6. The number of hydrazine groups is 1. The molecule has 1 atom stereocenters. The van der Waals surface area contributed by atoms with Gasteiger partial charge in [0.05, 0.1) is 5.56 Å². The number of esters is 1. The Morgan fingerprint density at radius 3 is 2.67 bits per heavy atom. The second kappa shape index (κ2) is 6.31. The first-order valence-electron chi connectivity index (χ1n) is 8.28. The molecule has 8 nitrogen and oxygen atoms in total. The Kier molecular flexibility index (Phi) is 3.95. The molecule has 27 heavy (non-hydrogen) atoms. The van der Waals surface area contributed by atoms with Gasteiger partial charge in [0, 0.05) is 12.0 Å². The van der Waals surface area contributed by atoms with Crippen molar-refractivity contribution in [3.8, 4) is 11.5 Å². The highest BCUT2D eigenvalue weighted by atomic mass is 16.7. The molecule has 2 heterocycles. The van der Waals surface area contributed by atoms with Crippen LogP contribution < -0.4 is 20.3 Å². The third kappa shape index (κ3) is 3.05. The maximum Gasteiger partial charge on any atom is 0.339 e. The van der Waals surface area contributed by atoms with E-state index in [9.17, 15) is 14.4 Å². The summed E-state index contributed by atoms with van der Waals surface area (Å²) in [5.41, 5.74) is 4.67. The number of rotatable bonds is 2. The van der Waals surface area contributed by atoms with Crippen LogP contribution in [0.2, 0.25) is 0 Å². The maximum absolute atomic E-state index is 12.6. The number of amides is 2. The molecule has 2 aliphatic heterocycles. The van der Waals surface area contributed by atoms with Crippen molar-refractivity contribution in [1.29, 1.82) is 0 Å². The van der Waals surface area contributed by atoms with Crippen molar-refractivity contribution in [2.45, 2.75) is 18.9 Å².